The van der Waals surface area contributed by atoms with E-state index in [-0.39, 0.29) is 0 Å². The first-order valence-electron chi connectivity index (χ1n) is 7.53. The van der Waals surface area contributed by atoms with E-state index in [4.69, 9.17) is 0 Å². The lowest BCUT2D eigenvalue weighted by atomic mass is 9.93. The smallest absolute Gasteiger partial charge is 0.0843 e. The molecule has 1 N–H and O–H groups in total. The first-order valence-corrected chi connectivity index (χ1v) is 9.93. The van der Waals surface area contributed by atoms with Gasteiger partial charge in [0.15, 0.2) is 0 Å². The fourth-order valence-corrected chi connectivity index (χ4v) is 5.55. The van der Waals surface area contributed by atoms with Crippen molar-refractivity contribution < 1.29 is 0 Å². The summed E-state index contributed by atoms with van der Waals surface area (Å²) < 4.78 is 2.42. The number of halogens is 2. The highest BCUT2D eigenvalue weighted by Gasteiger charge is 2.32. The second kappa shape index (κ2) is 6.78. The van der Waals surface area contributed by atoms with Gasteiger partial charge in [-0.25, -0.2) is 0 Å². The molecule has 2 heterocycles. The SMILES string of the molecule is CN1CCCCC(CNC2CC2)C1c1cc(Br)c(Br)s1. The van der Waals surface area contributed by atoms with E-state index in [1.165, 1.54) is 58.3 Å². The molecule has 112 valence electrons. The fourth-order valence-electron chi connectivity index (χ4n) is 3.20. The lowest BCUT2D eigenvalue weighted by Gasteiger charge is -2.32. The Labute approximate surface area is 142 Å². The maximum Gasteiger partial charge on any atom is 0.0843 e. The minimum atomic E-state index is 0.566. The number of nitrogens with zero attached hydrogens (tertiary/aromatic N) is 1. The normalized spacial score (nSPS) is 28.6. The van der Waals surface area contributed by atoms with Gasteiger partial charge < -0.3 is 5.32 Å². The van der Waals surface area contributed by atoms with Gasteiger partial charge in [-0.05, 0) is 83.1 Å². The molecule has 1 saturated heterocycles. The van der Waals surface area contributed by atoms with Crippen LogP contribution in [0.3, 0.4) is 0 Å². The van der Waals surface area contributed by atoms with Crippen molar-refractivity contribution in [3.05, 3.63) is 19.2 Å². The third-order valence-corrected chi connectivity index (χ3v) is 7.79. The summed E-state index contributed by atoms with van der Waals surface area (Å²) in [5.41, 5.74) is 0. The van der Waals surface area contributed by atoms with Gasteiger partial charge in [-0.2, -0.15) is 0 Å². The van der Waals surface area contributed by atoms with Crippen molar-refractivity contribution >= 4 is 43.2 Å². The highest BCUT2D eigenvalue weighted by atomic mass is 79.9. The van der Waals surface area contributed by atoms with Gasteiger partial charge in [-0.3, -0.25) is 4.90 Å². The highest BCUT2D eigenvalue weighted by molar-refractivity contribution is 9.13. The molecule has 2 fully saturated rings. The van der Waals surface area contributed by atoms with Crippen molar-refractivity contribution in [2.45, 2.75) is 44.2 Å². The quantitative estimate of drug-likeness (QED) is 0.751. The fraction of sp³-hybridized carbons (Fsp3) is 0.733. The Hall–Kier alpha value is 0.580. The Bertz CT molecular complexity index is 439. The second-order valence-corrected chi connectivity index (χ2v) is 9.39. The van der Waals surface area contributed by atoms with Crippen LogP contribution in [0.5, 0.6) is 0 Å². The molecular weight excluding hydrogens is 400 g/mol. The van der Waals surface area contributed by atoms with Crippen molar-refractivity contribution in [3.8, 4) is 0 Å². The van der Waals surface area contributed by atoms with Crippen LogP contribution < -0.4 is 5.32 Å². The molecule has 2 unspecified atom stereocenters. The van der Waals surface area contributed by atoms with E-state index in [2.05, 4.69) is 55.2 Å². The largest absolute Gasteiger partial charge is 0.314 e. The summed E-state index contributed by atoms with van der Waals surface area (Å²) in [4.78, 5) is 4.06. The van der Waals surface area contributed by atoms with Crippen LogP contribution in [0.4, 0.5) is 0 Å². The van der Waals surface area contributed by atoms with Crippen LogP contribution in [-0.2, 0) is 0 Å². The van der Waals surface area contributed by atoms with Crippen molar-refractivity contribution in [2.24, 2.45) is 5.92 Å². The van der Waals surface area contributed by atoms with E-state index in [1.54, 1.807) is 0 Å². The summed E-state index contributed by atoms with van der Waals surface area (Å²) in [5.74, 6) is 0.737. The third-order valence-electron chi connectivity index (χ3n) is 4.46. The van der Waals surface area contributed by atoms with Crippen molar-refractivity contribution in [1.82, 2.24) is 10.2 Å². The van der Waals surface area contributed by atoms with E-state index in [0.717, 1.165) is 12.0 Å². The average molecular weight is 422 g/mol. The zero-order valence-corrected chi connectivity index (χ0v) is 15.9. The molecule has 2 nitrogen and oxygen atoms in total. The molecule has 0 radical (unpaired) electrons. The Morgan fingerprint density at radius 1 is 1.30 bits per heavy atom. The summed E-state index contributed by atoms with van der Waals surface area (Å²) in [5, 5.41) is 3.75. The minimum Gasteiger partial charge on any atom is -0.314 e. The van der Waals surface area contributed by atoms with Crippen LogP contribution in [-0.4, -0.2) is 31.1 Å². The second-order valence-electron chi connectivity index (χ2n) is 6.13. The lowest BCUT2D eigenvalue weighted by molar-refractivity contribution is 0.192. The standard InChI is InChI=1S/C15H22Br2N2S/c1-19-7-3-2-4-10(9-18-11-5-6-11)14(19)13-8-12(16)15(17)20-13/h8,10-11,14,18H,2-7,9H2,1H3. The Morgan fingerprint density at radius 2 is 2.10 bits per heavy atom. The van der Waals surface area contributed by atoms with Gasteiger partial charge in [0.2, 0.25) is 0 Å². The molecule has 3 rings (SSSR count). The van der Waals surface area contributed by atoms with Crippen LogP contribution in [0.1, 0.15) is 43.0 Å². The maximum atomic E-state index is 3.75. The average Bonchev–Trinajstić information content (AvgIpc) is 3.19. The van der Waals surface area contributed by atoms with Gasteiger partial charge in [0.25, 0.3) is 0 Å². The van der Waals surface area contributed by atoms with Crippen LogP contribution in [0.15, 0.2) is 14.3 Å². The van der Waals surface area contributed by atoms with Gasteiger partial charge in [0.1, 0.15) is 0 Å². The summed E-state index contributed by atoms with van der Waals surface area (Å²) in [6, 6.07) is 3.69. The molecule has 1 aromatic rings. The molecule has 20 heavy (non-hydrogen) atoms. The summed E-state index contributed by atoms with van der Waals surface area (Å²) in [6.45, 7) is 2.39. The zero-order valence-electron chi connectivity index (χ0n) is 11.9. The van der Waals surface area contributed by atoms with E-state index >= 15 is 0 Å². The number of rotatable bonds is 4. The van der Waals surface area contributed by atoms with Gasteiger partial charge in [-0.1, -0.05) is 6.42 Å². The van der Waals surface area contributed by atoms with E-state index in [9.17, 15) is 0 Å². The Morgan fingerprint density at radius 3 is 2.75 bits per heavy atom. The van der Waals surface area contributed by atoms with E-state index in [1.807, 2.05) is 11.3 Å². The van der Waals surface area contributed by atoms with E-state index in [0.29, 0.717) is 6.04 Å². The molecule has 0 amide bonds. The Balaban J connectivity index is 1.79. The molecule has 1 aromatic heterocycles. The molecule has 0 aromatic carbocycles. The summed E-state index contributed by atoms with van der Waals surface area (Å²) in [7, 11) is 2.29. The molecule has 1 saturated carbocycles. The number of likely N-dealkylation sites (tertiary alicyclic amines) is 1. The predicted molar refractivity (Wildman–Crippen MR) is 93.5 cm³/mol. The first-order chi connectivity index (χ1) is 9.65. The van der Waals surface area contributed by atoms with Crippen LogP contribution in [0.2, 0.25) is 0 Å². The summed E-state index contributed by atoms with van der Waals surface area (Å²) >= 11 is 9.18. The van der Waals surface area contributed by atoms with Crippen molar-refractivity contribution in [3.63, 3.8) is 0 Å². The van der Waals surface area contributed by atoms with E-state index < -0.39 is 0 Å². The van der Waals surface area contributed by atoms with Crippen LogP contribution >= 0.6 is 43.2 Å². The highest BCUT2D eigenvalue weighted by Crippen LogP contribution is 2.42. The molecular formula is C15H22Br2N2S. The zero-order chi connectivity index (χ0) is 14.1. The van der Waals surface area contributed by atoms with Crippen molar-refractivity contribution in [2.75, 3.05) is 20.1 Å². The number of hydrogen-bond donors (Lipinski definition) is 1. The number of nitrogens with one attached hydrogen (secondary N) is 1. The molecule has 2 atom stereocenters. The van der Waals surface area contributed by atoms with Gasteiger partial charge >= 0.3 is 0 Å². The predicted octanol–water partition coefficient (Wildman–Crippen LogP) is 4.80. The van der Waals surface area contributed by atoms with Gasteiger partial charge in [-0.15, -0.1) is 11.3 Å². The third kappa shape index (κ3) is 3.67. The molecule has 5 heteroatoms. The van der Waals surface area contributed by atoms with Crippen LogP contribution in [0, 0.1) is 5.92 Å². The van der Waals surface area contributed by atoms with Crippen molar-refractivity contribution in [1.29, 1.82) is 0 Å². The van der Waals surface area contributed by atoms with Gasteiger partial charge in [0, 0.05) is 28.0 Å². The first kappa shape index (κ1) is 15.5. The molecule has 1 aliphatic carbocycles. The molecule has 0 spiro atoms. The summed E-state index contributed by atoms with van der Waals surface area (Å²) in [6.07, 6.45) is 6.81. The maximum absolute atomic E-state index is 3.75. The lowest BCUT2D eigenvalue weighted by Crippen LogP contribution is -2.35. The monoisotopic (exact) mass is 420 g/mol. The molecule has 1 aliphatic heterocycles. The molecule has 2 aliphatic rings. The number of hydrogen-bond acceptors (Lipinski definition) is 3. The Kier molecular flexibility index (Phi) is 5.24. The van der Waals surface area contributed by atoms with Crippen LogP contribution in [0.25, 0.3) is 0 Å². The van der Waals surface area contributed by atoms with Gasteiger partial charge in [0.05, 0.1) is 3.79 Å². The number of thiophene rings is 1. The molecule has 0 bridgehead atoms. The minimum absolute atomic E-state index is 0.566. The topological polar surface area (TPSA) is 15.3 Å².